The molecule has 1 saturated carbocycles. The van der Waals surface area contributed by atoms with E-state index in [0.29, 0.717) is 6.04 Å². The van der Waals surface area contributed by atoms with E-state index in [0.717, 1.165) is 27.4 Å². The van der Waals surface area contributed by atoms with Gasteiger partial charge in [-0.15, -0.1) is 0 Å². The van der Waals surface area contributed by atoms with E-state index in [1.165, 1.54) is 25.7 Å². The molecule has 4 heteroatoms. The van der Waals surface area contributed by atoms with Gasteiger partial charge < -0.3 is 4.90 Å². The highest BCUT2D eigenvalue weighted by atomic mass is 79.9. The molecular formula is C15H19Br2NO. The standard InChI is InChI=1S/C15H19Br2NO/c1-18(14-6-4-2-3-5-7-14)15(19)11-8-12(16)10-13(17)9-11/h8-10,14H,2-7H2,1H3. The first-order valence-corrected chi connectivity index (χ1v) is 8.40. The minimum Gasteiger partial charge on any atom is -0.339 e. The van der Waals surface area contributed by atoms with Crippen molar-refractivity contribution in [3.63, 3.8) is 0 Å². The van der Waals surface area contributed by atoms with E-state index in [9.17, 15) is 4.79 Å². The third kappa shape index (κ3) is 4.06. The predicted octanol–water partition coefficient (Wildman–Crippen LogP) is 5.01. The van der Waals surface area contributed by atoms with Crippen molar-refractivity contribution in [2.24, 2.45) is 0 Å². The van der Waals surface area contributed by atoms with Crippen LogP contribution in [0.15, 0.2) is 27.1 Å². The van der Waals surface area contributed by atoms with Gasteiger partial charge in [-0.2, -0.15) is 0 Å². The zero-order valence-corrected chi connectivity index (χ0v) is 14.3. The molecule has 0 aromatic heterocycles. The molecule has 0 N–H and O–H groups in total. The van der Waals surface area contributed by atoms with E-state index in [1.807, 2.05) is 30.1 Å². The molecule has 104 valence electrons. The van der Waals surface area contributed by atoms with Crippen LogP contribution >= 0.6 is 31.9 Å². The third-order valence-corrected chi connectivity index (χ3v) is 4.72. The Balaban J connectivity index is 2.13. The van der Waals surface area contributed by atoms with Crippen molar-refractivity contribution in [1.29, 1.82) is 0 Å². The lowest BCUT2D eigenvalue weighted by Crippen LogP contribution is -2.36. The molecule has 0 saturated heterocycles. The third-order valence-electron chi connectivity index (χ3n) is 3.80. The highest BCUT2D eigenvalue weighted by Gasteiger charge is 2.22. The molecule has 0 aliphatic heterocycles. The molecule has 0 unspecified atom stereocenters. The molecule has 1 amide bonds. The molecule has 0 radical (unpaired) electrons. The van der Waals surface area contributed by atoms with Crippen molar-refractivity contribution in [2.45, 2.75) is 44.6 Å². The normalized spacial score (nSPS) is 17.0. The summed E-state index contributed by atoms with van der Waals surface area (Å²) in [7, 11) is 1.94. The van der Waals surface area contributed by atoms with Crippen LogP contribution in [0.25, 0.3) is 0 Å². The van der Waals surface area contributed by atoms with Crippen LogP contribution in [-0.2, 0) is 0 Å². The Bertz CT molecular complexity index is 433. The van der Waals surface area contributed by atoms with Crippen molar-refractivity contribution < 1.29 is 4.79 Å². The van der Waals surface area contributed by atoms with Crippen molar-refractivity contribution in [2.75, 3.05) is 7.05 Å². The number of halogens is 2. The first-order chi connectivity index (χ1) is 9.08. The van der Waals surface area contributed by atoms with Gasteiger partial charge in [0.25, 0.3) is 5.91 Å². The zero-order chi connectivity index (χ0) is 13.8. The Morgan fingerprint density at radius 1 is 1.05 bits per heavy atom. The van der Waals surface area contributed by atoms with Gasteiger partial charge in [-0.05, 0) is 31.0 Å². The summed E-state index contributed by atoms with van der Waals surface area (Å²) in [4.78, 5) is 14.5. The van der Waals surface area contributed by atoms with E-state index >= 15 is 0 Å². The molecule has 2 nitrogen and oxygen atoms in total. The molecule has 1 aliphatic carbocycles. The second kappa shape index (κ2) is 6.89. The minimum atomic E-state index is 0.119. The highest BCUT2D eigenvalue weighted by molar-refractivity contribution is 9.11. The Morgan fingerprint density at radius 2 is 1.58 bits per heavy atom. The number of benzene rings is 1. The lowest BCUT2D eigenvalue weighted by atomic mass is 10.1. The summed E-state index contributed by atoms with van der Waals surface area (Å²) in [5, 5.41) is 0. The molecule has 0 spiro atoms. The van der Waals surface area contributed by atoms with Crippen molar-refractivity contribution in [1.82, 2.24) is 4.90 Å². The number of nitrogens with zero attached hydrogens (tertiary/aromatic N) is 1. The number of hydrogen-bond acceptors (Lipinski definition) is 1. The summed E-state index contributed by atoms with van der Waals surface area (Å²) in [6.45, 7) is 0. The molecule has 0 heterocycles. The Hall–Kier alpha value is -0.350. The molecule has 19 heavy (non-hydrogen) atoms. The summed E-state index contributed by atoms with van der Waals surface area (Å²) in [5.41, 5.74) is 0.744. The fraction of sp³-hybridized carbons (Fsp3) is 0.533. The average molecular weight is 389 g/mol. The van der Waals surface area contributed by atoms with E-state index in [4.69, 9.17) is 0 Å². The van der Waals surface area contributed by atoms with Gasteiger partial charge in [-0.25, -0.2) is 0 Å². The smallest absolute Gasteiger partial charge is 0.253 e. The molecule has 0 atom stereocenters. The Kier molecular flexibility index (Phi) is 5.46. The fourth-order valence-corrected chi connectivity index (χ4v) is 3.99. The van der Waals surface area contributed by atoms with E-state index < -0.39 is 0 Å². The summed E-state index contributed by atoms with van der Waals surface area (Å²) in [6, 6.07) is 6.12. The van der Waals surface area contributed by atoms with Crippen LogP contribution in [-0.4, -0.2) is 23.9 Å². The average Bonchev–Trinajstić information content (AvgIpc) is 2.64. The summed E-state index contributed by atoms with van der Waals surface area (Å²) in [6.07, 6.45) is 7.37. The largest absolute Gasteiger partial charge is 0.339 e. The minimum absolute atomic E-state index is 0.119. The highest BCUT2D eigenvalue weighted by Crippen LogP contribution is 2.25. The van der Waals surface area contributed by atoms with Gasteiger partial charge in [0, 0.05) is 27.6 Å². The van der Waals surface area contributed by atoms with Gasteiger partial charge in [-0.1, -0.05) is 57.5 Å². The van der Waals surface area contributed by atoms with Crippen LogP contribution in [0, 0.1) is 0 Å². The maximum Gasteiger partial charge on any atom is 0.253 e. The second-order valence-corrected chi connectivity index (χ2v) is 7.05. The number of carbonyl (C=O) groups is 1. The van der Waals surface area contributed by atoms with Crippen LogP contribution in [0.2, 0.25) is 0 Å². The van der Waals surface area contributed by atoms with Gasteiger partial charge >= 0.3 is 0 Å². The zero-order valence-electron chi connectivity index (χ0n) is 11.2. The number of hydrogen-bond donors (Lipinski definition) is 0. The van der Waals surface area contributed by atoms with Gasteiger partial charge in [0.2, 0.25) is 0 Å². The summed E-state index contributed by atoms with van der Waals surface area (Å²) < 4.78 is 1.86. The first-order valence-electron chi connectivity index (χ1n) is 6.81. The topological polar surface area (TPSA) is 20.3 Å². The van der Waals surface area contributed by atoms with Crippen molar-refractivity contribution in [3.05, 3.63) is 32.7 Å². The van der Waals surface area contributed by atoms with E-state index in [2.05, 4.69) is 31.9 Å². The van der Waals surface area contributed by atoms with Gasteiger partial charge in [0.1, 0.15) is 0 Å². The molecule has 1 fully saturated rings. The second-order valence-electron chi connectivity index (χ2n) is 5.22. The van der Waals surface area contributed by atoms with Crippen LogP contribution in [0.5, 0.6) is 0 Å². The van der Waals surface area contributed by atoms with Crippen molar-refractivity contribution in [3.8, 4) is 0 Å². The van der Waals surface area contributed by atoms with Crippen LogP contribution in [0.3, 0.4) is 0 Å². The molecule has 0 bridgehead atoms. The molecule has 2 rings (SSSR count). The maximum absolute atomic E-state index is 12.5. The van der Waals surface area contributed by atoms with Crippen LogP contribution in [0.1, 0.15) is 48.9 Å². The van der Waals surface area contributed by atoms with Crippen LogP contribution < -0.4 is 0 Å². The summed E-state index contributed by atoms with van der Waals surface area (Å²) >= 11 is 6.88. The quantitative estimate of drug-likeness (QED) is 0.652. The fourth-order valence-electron chi connectivity index (χ4n) is 2.69. The molecule has 1 aromatic carbocycles. The SMILES string of the molecule is CN(C(=O)c1cc(Br)cc(Br)c1)C1CCCCCC1. The molecule has 1 aromatic rings. The number of carbonyl (C=O) groups excluding carboxylic acids is 1. The van der Waals surface area contributed by atoms with E-state index in [-0.39, 0.29) is 5.91 Å². The number of rotatable bonds is 2. The first kappa shape index (κ1) is 15.0. The van der Waals surface area contributed by atoms with Gasteiger partial charge in [0.05, 0.1) is 0 Å². The Morgan fingerprint density at radius 3 is 2.11 bits per heavy atom. The van der Waals surface area contributed by atoms with Crippen molar-refractivity contribution >= 4 is 37.8 Å². The van der Waals surface area contributed by atoms with E-state index in [1.54, 1.807) is 0 Å². The summed E-state index contributed by atoms with van der Waals surface area (Å²) in [5.74, 6) is 0.119. The monoisotopic (exact) mass is 387 g/mol. The van der Waals surface area contributed by atoms with Gasteiger partial charge in [0.15, 0.2) is 0 Å². The number of amides is 1. The lowest BCUT2D eigenvalue weighted by molar-refractivity contribution is 0.0717. The van der Waals surface area contributed by atoms with Gasteiger partial charge in [-0.3, -0.25) is 4.79 Å². The predicted molar refractivity (Wildman–Crippen MR) is 85.4 cm³/mol. The van der Waals surface area contributed by atoms with Crippen LogP contribution in [0.4, 0.5) is 0 Å². The Labute approximate surface area is 131 Å². The molecular weight excluding hydrogens is 370 g/mol. The lowest BCUT2D eigenvalue weighted by Gasteiger charge is -2.27. The molecule has 1 aliphatic rings. The maximum atomic E-state index is 12.5.